The minimum absolute atomic E-state index is 0.229. The Morgan fingerprint density at radius 3 is 2.89 bits per heavy atom. The smallest absolute Gasteiger partial charge is 0.338 e. The number of fused-ring (bicyclic) bond motifs is 1. The molecule has 0 spiro atoms. The molecule has 1 fully saturated rings. The first kappa shape index (κ1) is 18.3. The monoisotopic (exact) mass is 384 g/mol. The summed E-state index contributed by atoms with van der Waals surface area (Å²) >= 11 is 0. The van der Waals surface area contributed by atoms with E-state index in [9.17, 15) is 14.7 Å². The van der Waals surface area contributed by atoms with Gasteiger partial charge >= 0.3 is 5.97 Å². The van der Waals surface area contributed by atoms with Crippen LogP contribution in [0.3, 0.4) is 0 Å². The zero-order valence-electron chi connectivity index (χ0n) is 15.2. The van der Waals surface area contributed by atoms with Crippen molar-refractivity contribution >= 4 is 17.1 Å². The molecule has 1 aliphatic rings. The number of imidazole rings is 1. The van der Waals surface area contributed by atoms with Crippen molar-refractivity contribution in [3.8, 4) is 0 Å². The molecule has 1 aromatic carbocycles. The van der Waals surface area contributed by atoms with Gasteiger partial charge in [-0.2, -0.15) is 0 Å². The van der Waals surface area contributed by atoms with Crippen LogP contribution in [-0.2, 0) is 9.47 Å². The van der Waals surface area contributed by atoms with Crippen molar-refractivity contribution in [1.29, 1.82) is 0 Å². The summed E-state index contributed by atoms with van der Waals surface area (Å²) in [5.41, 5.74) is 0.779. The zero-order chi connectivity index (χ0) is 19.7. The Morgan fingerprint density at radius 2 is 2.14 bits per heavy atom. The van der Waals surface area contributed by atoms with Crippen molar-refractivity contribution < 1.29 is 19.4 Å². The first-order chi connectivity index (χ1) is 13.6. The van der Waals surface area contributed by atoms with E-state index in [4.69, 9.17) is 9.47 Å². The predicted octanol–water partition coefficient (Wildman–Crippen LogP) is 1.32. The minimum Gasteiger partial charge on any atom is -0.456 e. The SMILES string of the molecule is Cc1nc2c(ncn2C2CCC(OC(=O)c3ccccc3)C(CO)O2)c(=O)[nH]1. The molecular weight excluding hydrogens is 364 g/mol. The highest BCUT2D eigenvalue weighted by atomic mass is 16.6. The second-order valence-corrected chi connectivity index (χ2v) is 6.67. The third-order valence-electron chi connectivity index (χ3n) is 4.75. The van der Waals surface area contributed by atoms with E-state index in [1.807, 2.05) is 6.07 Å². The van der Waals surface area contributed by atoms with Gasteiger partial charge in [-0.1, -0.05) is 18.2 Å². The standard InChI is InChI=1S/C19H20N4O5/c1-11-21-17-16(18(25)22-11)20-10-23(17)15-8-7-13(14(9-24)27-15)28-19(26)12-5-3-2-4-6-12/h2-6,10,13-15,24H,7-9H2,1H3,(H,21,22,25). The van der Waals surface area contributed by atoms with Gasteiger partial charge in [-0.05, 0) is 31.9 Å². The van der Waals surface area contributed by atoms with Crippen molar-refractivity contribution in [2.24, 2.45) is 0 Å². The molecule has 3 atom stereocenters. The second kappa shape index (κ2) is 7.53. The number of ether oxygens (including phenoxy) is 2. The Labute approximate surface area is 160 Å². The number of aliphatic hydroxyl groups excluding tert-OH is 1. The van der Waals surface area contributed by atoms with E-state index in [1.165, 1.54) is 6.33 Å². The van der Waals surface area contributed by atoms with E-state index in [0.29, 0.717) is 29.9 Å². The summed E-state index contributed by atoms with van der Waals surface area (Å²) in [5.74, 6) is 0.0199. The minimum atomic E-state index is -0.688. The molecule has 3 unspecified atom stereocenters. The molecule has 4 rings (SSSR count). The van der Waals surface area contributed by atoms with Crippen LogP contribution in [0.5, 0.6) is 0 Å². The highest BCUT2D eigenvalue weighted by Crippen LogP contribution is 2.30. The second-order valence-electron chi connectivity index (χ2n) is 6.67. The fourth-order valence-electron chi connectivity index (χ4n) is 3.38. The number of aromatic nitrogens is 4. The molecule has 0 radical (unpaired) electrons. The van der Waals surface area contributed by atoms with Crippen LogP contribution in [0.15, 0.2) is 41.5 Å². The van der Waals surface area contributed by atoms with Crippen LogP contribution in [0.4, 0.5) is 0 Å². The largest absolute Gasteiger partial charge is 0.456 e. The van der Waals surface area contributed by atoms with Crippen molar-refractivity contribution in [2.45, 2.75) is 38.2 Å². The summed E-state index contributed by atoms with van der Waals surface area (Å²) in [5, 5.41) is 9.75. The number of hydrogen-bond donors (Lipinski definition) is 2. The number of H-pyrrole nitrogens is 1. The fourth-order valence-corrected chi connectivity index (χ4v) is 3.38. The summed E-state index contributed by atoms with van der Waals surface area (Å²) < 4.78 is 13.2. The number of esters is 1. The van der Waals surface area contributed by atoms with E-state index in [-0.39, 0.29) is 17.7 Å². The Hall–Kier alpha value is -3.04. The van der Waals surface area contributed by atoms with Crippen LogP contribution in [0.1, 0.15) is 35.3 Å². The number of carbonyl (C=O) groups is 1. The lowest BCUT2D eigenvalue weighted by atomic mass is 10.0. The van der Waals surface area contributed by atoms with Crippen molar-refractivity contribution in [1.82, 2.24) is 19.5 Å². The number of aliphatic hydroxyl groups is 1. The zero-order valence-corrected chi connectivity index (χ0v) is 15.2. The third-order valence-corrected chi connectivity index (χ3v) is 4.75. The summed E-state index contributed by atoms with van der Waals surface area (Å²) in [6.45, 7) is 1.39. The number of aromatic amines is 1. The molecule has 3 aromatic rings. The van der Waals surface area contributed by atoms with Gasteiger partial charge in [0.15, 0.2) is 11.2 Å². The van der Waals surface area contributed by atoms with Gasteiger partial charge in [-0.25, -0.2) is 14.8 Å². The maximum atomic E-state index is 12.3. The maximum absolute atomic E-state index is 12.3. The van der Waals surface area contributed by atoms with E-state index in [1.54, 1.807) is 35.8 Å². The average Bonchev–Trinajstić information content (AvgIpc) is 3.13. The molecule has 0 bridgehead atoms. The third kappa shape index (κ3) is 3.41. The average molecular weight is 384 g/mol. The first-order valence-electron chi connectivity index (χ1n) is 9.02. The van der Waals surface area contributed by atoms with Crippen LogP contribution >= 0.6 is 0 Å². The number of hydrogen-bond acceptors (Lipinski definition) is 7. The lowest BCUT2D eigenvalue weighted by Gasteiger charge is -2.35. The highest BCUT2D eigenvalue weighted by molar-refractivity contribution is 5.89. The van der Waals surface area contributed by atoms with Gasteiger partial charge < -0.3 is 19.6 Å². The van der Waals surface area contributed by atoms with Gasteiger partial charge in [0.2, 0.25) is 0 Å². The molecule has 0 amide bonds. The van der Waals surface area contributed by atoms with Crippen LogP contribution in [0.25, 0.3) is 11.2 Å². The van der Waals surface area contributed by atoms with Crippen LogP contribution in [0, 0.1) is 6.92 Å². The van der Waals surface area contributed by atoms with Crippen LogP contribution in [0.2, 0.25) is 0 Å². The van der Waals surface area contributed by atoms with E-state index in [2.05, 4.69) is 15.0 Å². The normalized spacial score (nSPS) is 22.3. The topological polar surface area (TPSA) is 119 Å². The molecular formula is C19H20N4O5. The molecule has 1 saturated heterocycles. The highest BCUT2D eigenvalue weighted by Gasteiger charge is 2.35. The molecule has 2 aromatic heterocycles. The van der Waals surface area contributed by atoms with Gasteiger partial charge in [0.1, 0.15) is 24.3 Å². The molecule has 0 aliphatic carbocycles. The quantitative estimate of drug-likeness (QED) is 0.651. The summed E-state index contributed by atoms with van der Waals surface area (Å²) in [7, 11) is 0. The lowest BCUT2D eigenvalue weighted by Crippen LogP contribution is -2.42. The Morgan fingerprint density at radius 1 is 1.36 bits per heavy atom. The van der Waals surface area contributed by atoms with Crippen LogP contribution < -0.4 is 5.56 Å². The Bertz CT molecular complexity index is 1050. The van der Waals surface area contributed by atoms with E-state index < -0.39 is 24.4 Å². The van der Waals surface area contributed by atoms with Gasteiger partial charge in [0.05, 0.1) is 18.5 Å². The molecule has 1 aliphatic heterocycles. The Kier molecular flexibility index (Phi) is 4.93. The number of nitrogens with one attached hydrogen (secondary N) is 1. The van der Waals surface area contributed by atoms with Gasteiger partial charge in [0.25, 0.3) is 5.56 Å². The molecule has 2 N–H and O–H groups in total. The number of benzene rings is 1. The van der Waals surface area contributed by atoms with Crippen molar-refractivity contribution in [2.75, 3.05) is 6.61 Å². The van der Waals surface area contributed by atoms with E-state index >= 15 is 0 Å². The number of aryl methyl sites for hydroxylation is 1. The predicted molar refractivity (Wildman–Crippen MR) is 98.8 cm³/mol. The summed E-state index contributed by atoms with van der Waals surface area (Å²) in [4.78, 5) is 35.4. The van der Waals surface area contributed by atoms with Gasteiger partial charge in [0, 0.05) is 0 Å². The van der Waals surface area contributed by atoms with E-state index in [0.717, 1.165) is 0 Å². The maximum Gasteiger partial charge on any atom is 0.338 e. The lowest BCUT2D eigenvalue weighted by molar-refractivity contribution is -0.160. The summed E-state index contributed by atoms with van der Waals surface area (Å²) in [6.07, 6.45) is 0.789. The van der Waals surface area contributed by atoms with Gasteiger partial charge in [-0.15, -0.1) is 0 Å². The van der Waals surface area contributed by atoms with Crippen LogP contribution in [-0.4, -0.2) is 49.4 Å². The number of carbonyl (C=O) groups excluding carboxylic acids is 1. The molecule has 9 heteroatoms. The molecule has 0 saturated carbocycles. The summed E-state index contributed by atoms with van der Waals surface area (Å²) in [6, 6.07) is 8.68. The molecule has 3 heterocycles. The first-order valence-corrected chi connectivity index (χ1v) is 9.02. The number of nitrogens with zero attached hydrogens (tertiary/aromatic N) is 3. The fraction of sp³-hybridized carbons (Fsp3) is 0.368. The Balaban J connectivity index is 1.52. The number of rotatable bonds is 4. The molecule has 9 nitrogen and oxygen atoms in total. The molecule has 28 heavy (non-hydrogen) atoms. The van der Waals surface area contributed by atoms with Crippen molar-refractivity contribution in [3.05, 3.63) is 58.4 Å². The van der Waals surface area contributed by atoms with Crippen molar-refractivity contribution in [3.63, 3.8) is 0 Å². The molecule has 146 valence electrons. The van der Waals surface area contributed by atoms with Gasteiger partial charge in [-0.3, -0.25) is 9.36 Å².